The number of amides is 1. The zero-order valence-corrected chi connectivity index (χ0v) is 14.0. The van der Waals surface area contributed by atoms with Crippen molar-refractivity contribution in [1.82, 2.24) is 24.6 Å². The Morgan fingerprint density at radius 3 is 2.80 bits per heavy atom. The third kappa shape index (κ3) is 3.18. The van der Waals surface area contributed by atoms with Gasteiger partial charge in [0, 0.05) is 56.0 Å². The van der Waals surface area contributed by atoms with Gasteiger partial charge in [-0.25, -0.2) is 4.98 Å². The van der Waals surface area contributed by atoms with Crippen molar-refractivity contribution in [2.75, 3.05) is 18.4 Å². The van der Waals surface area contributed by atoms with Crippen LogP contribution in [0.25, 0.3) is 5.69 Å². The standard InChI is InChI=1S/C18H20N6O/c1-23-11-13(8-21-23)16-9-20-10-17(16)18(25)22-14-2-4-15(5-3-14)24-7-6-19-12-24/h2-8,11-12,16-17,20H,9-10H2,1H3,(H,22,25)/t16-,17+/m1/s1. The van der Waals surface area contributed by atoms with Crippen molar-refractivity contribution in [2.24, 2.45) is 13.0 Å². The molecule has 0 radical (unpaired) electrons. The highest BCUT2D eigenvalue weighted by molar-refractivity contribution is 5.93. The Morgan fingerprint density at radius 2 is 2.12 bits per heavy atom. The summed E-state index contributed by atoms with van der Waals surface area (Å²) in [5.41, 5.74) is 2.90. The van der Waals surface area contributed by atoms with E-state index in [9.17, 15) is 4.79 Å². The van der Waals surface area contributed by atoms with Crippen LogP contribution in [0.2, 0.25) is 0 Å². The first-order valence-electron chi connectivity index (χ1n) is 8.29. The van der Waals surface area contributed by atoms with Crippen LogP contribution in [0.5, 0.6) is 0 Å². The van der Waals surface area contributed by atoms with Gasteiger partial charge in [0.05, 0.1) is 18.4 Å². The maximum Gasteiger partial charge on any atom is 0.229 e. The molecule has 3 heterocycles. The van der Waals surface area contributed by atoms with E-state index in [1.54, 1.807) is 17.2 Å². The van der Waals surface area contributed by atoms with Crippen LogP contribution in [0.15, 0.2) is 55.4 Å². The molecule has 2 atom stereocenters. The number of anilines is 1. The third-order valence-corrected chi connectivity index (χ3v) is 4.64. The molecule has 0 saturated carbocycles. The first kappa shape index (κ1) is 15.6. The Kier molecular flexibility index (Phi) is 4.07. The van der Waals surface area contributed by atoms with Crippen molar-refractivity contribution >= 4 is 11.6 Å². The first-order valence-corrected chi connectivity index (χ1v) is 8.29. The van der Waals surface area contributed by atoms with Crippen LogP contribution in [0.3, 0.4) is 0 Å². The van der Waals surface area contributed by atoms with Crippen LogP contribution < -0.4 is 10.6 Å². The molecule has 1 aliphatic rings. The number of nitrogens with one attached hydrogen (secondary N) is 2. The average molecular weight is 336 g/mol. The van der Waals surface area contributed by atoms with E-state index < -0.39 is 0 Å². The van der Waals surface area contributed by atoms with Gasteiger partial charge in [0.1, 0.15) is 0 Å². The molecule has 1 fully saturated rings. The highest BCUT2D eigenvalue weighted by atomic mass is 16.1. The lowest BCUT2D eigenvalue weighted by molar-refractivity contribution is -0.119. The van der Waals surface area contributed by atoms with Gasteiger partial charge in [0.2, 0.25) is 5.91 Å². The van der Waals surface area contributed by atoms with Crippen molar-refractivity contribution in [1.29, 1.82) is 0 Å². The van der Waals surface area contributed by atoms with Crippen molar-refractivity contribution in [3.63, 3.8) is 0 Å². The van der Waals surface area contributed by atoms with E-state index in [2.05, 4.69) is 20.7 Å². The number of nitrogens with zero attached hydrogens (tertiary/aromatic N) is 4. The molecule has 1 aromatic carbocycles. The molecular formula is C18H20N6O. The van der Waals surface area contributed by atoms with Crippen LogP contribution in [0, 0.1) is 5.92 Å². The van der Waals surface area contributed by atoms with Gasteiger partial charge in [0.15, 0.2) is 0 Å². The zero-order chi connectivity index (χ0) is 17.2. The summed E-state index contributed by atoms with van der Waals surface area (Å²) in [5.74, 6) is 0.0886. The van der Waals surface area contributed by atoms with Gasteiger partial charge < -0.3 is 15.2 Å². The molecular weight excluding hydrogens is 316 g/mol. The van der Waals surface area contributed by atoms with Gasteiger partial charge in [-0.3, -0.25) is 9.48 Å². The van der Waals surface area contributed by atoms with Gasteiger partial charge in [0.25, 0.3) is 0 Å². The second-order valence-corrected chi connectivity index (χ2v) is 6.32. The lowest BCUT2D eigenvalue weighted by atomic mass is 9.90. The van der Waals surface area contributed by atoms with Crippen LogP contribution in [0.1, 0.15) is 11.5 Å². The van der Waals surface area contributed by atoms with Gasteiger partial charge in [-0.1, -0.05) is 0 Å². The summed E-state index contributed by atoms with van der Waals surface area (Å²) in [6, 6.07) is 7.75. The Bertz CT molecular complexity index is 852. The molecule has 25 heavy (non-hydrogen) atoms. The first-order chi connectivity index (χ1) is 12.2. The fourth-order valence-electron chi connectivity index (χ4n) is 3.30. The molecule has 4 rings (SSSR count). The second kappa shape index (κ2) is 6.52. The molecule has 0 aliphatic carbocycles. The number of rotatable bonds is 4. The summed E-state index contributed by atoms with van der Waals surface area (Å²) in [6.45, 7) is 1.47. The Morgan fingerprint density at radius 1 is 1.28 bits per heavy atom. The van der Waals surface area contributed by atoms with Crippen molar-refractivity contribution in [3.8, 4) is 5.69 Å². The van der Waals surface area contributed by atoms with E-state index in [0.717, 1.165) is 23.5 Å². The summed E-state index contributed by atoms with van der Waals surface area (Å²) in [6.07, 6.45) is 9.20. The highest BCUT2D eigenvalue weighted by Crippen LogP contribution is 2.29. The molecule has 1 aliphatic heterocycles. The van der Waals surface area contributed by atoms with Crippen LogP contribution in [-0.2, 0) is 11.8 Å². The maximum absolute atomic E-state index is 12.7. The normalized spacial score (nSPS) is 19.9. The van der Waals surface area contributed by atoms with E-state index in [4.69, 9.17) is 0 Å². The summed E-state index contributed by atoms with van der Waals surface area (Å²) in [5, 5.41) is 10.6. The van der Waals surface area contributed by atoms with Crippen LogP contribution in [-0.4, -0.2) is 38.3 Å². The molecule has 7 heteroatoms. The fraction of sp³-hybridized carbons (Fsp3) is 0.278. The molecule has 1 amide bonds. The van der Waals surface area contributed by atoms with Crippen molar-refractivity contribution in [2.45, 2.75) is 5.92 Å². The smallest absolute Gasteiger partial charge is 0.229 e. The number of aryl methyl sites for hydroxylation is 1. The molecule has 1 saturated heterocycles. The number of aromatic nitrogens is 4. The minimum atomic E-state index is -0.0995. The van der Waals surface area contributed by atoms with Crippen LogP contribution >= 0.6 is 0 Å². The van der Waals surface area contributed by atoms with E-state index in [1.807, 2.05) is 54.5 Å². The van der Waals surface area contributed by atoms with E-state index in [-0.39, 0.29) is 17.7 Å². The molecule has 0 spiro atoms. The van der Waals surface area contributed by atoms with Gasteiger partial charge >= 0.3 is 0 Å². The molecule has 7 nitrogen and oxygen atoms in total. The topological polar surface area (TPSA) is 76.8 Å². The monoisotopic (exact) mass is 336 g/mol. The molecule has 3 aromatic rings. The summed E-state index contributed by atoms with van der Waals surface area (Å²) in [7, 11) is 1.89. The SMILES string of the molecule is Cn1cc([C@H]2CNC[C@@H]2C(=O)Nc2ccc(-n3ccnc3)cc2)cn1. The van der Waals surface area contributed by atoms with Gasteiger partial charge in [-0.05, 0) is 29.8 Å². The predicted molar refractivity (Wildman–Crippen MR) is 94.5 cm³/mol. The number of imidazole rings is 1. The predicted octanol–water partition coefficient (Wildman–Crippen LogP) is 1.55. The summed E-state index contributed by atoms with van der Waals surface area (Å²) < 4.78 is 3.70. The summed E-state index contributed by atoms with van der Waals surface area (Å²) >= 11 is 0. The van der Waals surface area contributed by atoms with Crippen molar-refractivity contribution in [3.05, 3.63) is 60.9 Å². The third-order valence-electron chi connectivity index (χ3n) is 4.64. The minimum absolute atomic E-state index is 0.0363. The molecule has 0 unspecified atom stereocenters. The Balaban J connectivity index is 1.46. The number of hydrogen-bond acceptors (Lipinski definition) is 4. The molecule has 0 bridgehead atoms. The van der Waals surface area contributed by atoms with Gasteiger partial charge in [-0.2, -0.15) is 5.10 Å². The number of carbonyl (C=O) groups excluding carboxylic acids is 1. The highest BCUT2D eigenvalue weighted by Gasteiger charge is 2.34. The van der Waals surface area contributed by atoms with E-state index in [1.165, 1.54) is 0 Å². The fourth-order valence-corrected chi connectivity index (χ4v) is 3.30. The average Bonchev–Trinajstić information content (AvgIpc) is 3.36. The summed E-state index contributed by atoms with van der Waals surface area (Å²) in [4.78, 5) is 16.8. The molecule has 2 aromatic heterocycles. The van der Waals surface area contributed by atoms with E-state index in [0.29, 0.717) is 6.54 Å². The number of benzene rings is 1. The molecule has 2 N–H and O–H groups in total. The van der Waals surface area contributed by atoms with Crippen LogP contribution in [0.4, 0.5) is 5.69 Å². The Labute approximate surface area is 145 Å². The maximum atomic E-state index is 12.7. The largest absolute Gasteiger partial charge is 0.326 e. The minimum Gasteiger partial charge on any atom is -0.326 e. The van der Waals surface area contributed by atoms with E-state index >= 15 is 0 Å². The number of carbonyl (C=O) groups is 1. The number of hydrogen-bond donors (Lipinski definition) is 2. The van der Waals surface area contributed by atoms with Gasteiger partial charge in [-0.15, -0.1) is 0 Å². The second-order valence-electron chi connectivity index (χ2n) is 6.32. The van der Waals surface area contributed by atoms with Crippen molar-refractivity contribution < 1.29 is 4.79 Å². The zero-order valence-electron chi connectivity index (χ0n) is 14.0. The lowest BCUT2D eigenvalue weighted by Gasteiger charge is -2.17. The lowest BCUT2D eigenvalue weighted by Crippen LogP contribution is -2.28. The Hall–Kier alpha value is -2.93. The molecule has 128 valence electrons. The quantitative estimate of drug-likeness (QED) is 0.758.